The number of carbonyl (C=O) groups excluding carboxylic acids is 1. The molecule has 3 rings (SSSR count). The van der Waals surface area contributed by atoms with Gasteiger partial charge in [0.25, 0.3) is 0 Å². The van der Waals surface area contributed by atoms with E-state index in [2.05, 4.69) is 0 Å². The molecule has 0 unspecified atom stereocenters. The first-order chi connectivity index (χ1) is 14.4. The summed E-state index contributed by atoms with van der Waals surface area (Å²) in [7, 11) is 1.42. The van der Waals surface area contributed by atoms with Crippen molar-refractivity contribution in [1.29, 1.82) is 0 Å². The summed E-state index contributed by atoms with van der Waals surface area (Å²) < 4.78 is 37.6. The number of amides is 1. The van der Waals surface area contributed by atoms with Crippen LogP contribution in [0.5, 0.6) is 11.5 Å². The van der Waals surface area contributed by atoms with Gasteiger partial charge in [-0.2, -0.15) is 4.31 Å². The fourth-order valence-corrected chi connectivity index (χ4v) is 5.22. The van der Waals surface area contributed by atoms with Crippen LogP contribution in [0.15, 0.2) is 53.4 Å². The third kappa shape index (κ3) is 4.76. The average Bonchev–Trinajstić information content (AvgIpc) is 2.79. The zero-order chi connectivity index (χ0) is 21.7. The second-order valence-electron chi connectivity index (χ2n) is 7.38. The summed E-state index contributed by atoms with van der Waals surface area (Å²) in [6.45, 7) is 1.14. The lowest BCUT2D eigenvalue weighted by atomic mass is 9.96. The van der Waals surface area contributed by atoms with Crippen LogP contribution in [-0.2, 0) is 21.4 Å². The van der Waals surface area contributed by atoms with Gasteiger partial charge in [0.1, 0.15) is 0 Å². The van der Waals surface area contributed by atoms with Crippen LogP contribution in [0.2, 0.25) is 0 Å². The monoisotopic (exact) mass is 432 g/mol. The van der Waals surface area contributed by atoms with Gasteiger partial charge in [0.15, 0.2) is 11.5 Å². The Balaban J connectivity index is 1.60. The van der Waals surface area contributed by atoms with E-state index in [1.54, 1.807) is 56.5 Å². The Hall–Kier alpha value is -2.58. The van der Waals surface area contributed by atoms with Gasteiger partial charge < -0.3 is 14.4 Å². The first-order valence-electron chi connectivity index (χ1n) is 9.88. The third-order valence-electron chi connectivity index (χ3n) is 5.43. The van der Waals surface area contributed by atoms with Gasteiger partial charge >= 0.3 is 0 Å². The summed E-state index contributed by atoms with van der Waals surface area (Å²) >= 11 is 0. The van der Waals surface area contributed by atoms with Crippen LogP contribution in [0.3, 0.4) is 0 Å². The van der Waals surface area contributed by atoms with Gasteiger partial charge in [0, 0.05) is 32.6 Å². The maximum Gasteiger partial charge on any atom is 0.243 e. The molecule has 0 bridgehead atoms. The summed E-state index contributed by atoms with van der Waals surface area (Å²) in [6, 6.07) is 14.0. The lowest BCUT2D eigenvalue weighted by Crippen LogP contribution is -2.43. The van der Waals surface area contributed by atoms with E-state index in [1.165, 1.54) is 4.31 Å². The van der Waals surface area contributed by atoms with E-state index in [-0.39, 0.29) is 11.8 Å². The SMILES string of the molecule is COc1ccc(CN(C)C(=O)C2CCN(S(=O)(=O)c3ccccc3)CC2)cc1OC. The summed E-state index contributed by atoms with van der Waals surface area (Å²) in [5.41, 5.74) is 0.938. The zero-order valence-corrected chi connectivity index (χ0v) is 18.4. The van der Waals surface area contributed by atoms with E-state index < -0.39 is 10.0 Å². The van der Waals surface area contributed by atoms with Gasteiger partial charge in [0.2, 0.25) is 15.9 Å². The Morgan fingerprint density at radius 1 is 1.03 bits per heavy atom. The zero-order valence-electron chi connectivity index (χ0n) is 17.6. The molecule has 0 atom stereocenters. The molecule has 0 radical (unpaired) electrons. The molecular formula is C22H28N2O5S. The highest BCUT2D eigenvalue weighted by atomic mass is 32.2. The summed E-state index contributed by atoms with van der Waals surface area (Å²) in [5, 5.41) is 0. The highest BCUT2D eigenvalue weighted by Crippen LogP contribution is 2.29. The van der Waals surface area contributed by atoms with Gasteiger partial charge in [-0.1, -0.05) is 24.3 Å². The van der Waals surface area contributed by atoms with Crippen molar-refractivity contribution in [3.63, 3.8) is 0 Å². The fourth-order valence-electron chi connectivity index (χ4n) is 3.73. The molecule has 8 heteroatoms. The maximum absolute atomic E-state index is 12.9. The molecule has 30 heavy (non-hydrogen) atoms. The fraction of sp³-hybridized carbons (Fsp3) is 0.409. The number of benzene rings is 2. The van der Waals surface area contributed by atoms with Crippen molar-refractivity contribution in [3.05, 3.63) is 54.1 Å². The number of hydrogen-bond donors (Lipinski definition) is 0. The van der Waals surface area contributed by atoms with Crippen LogP contribution < -0.4 is 9.47 Å². The third-order valence-corrected chi connectivity index (χ3v) is 7.34. The highest BCUT2D eigenvalue weighted by molar-refractivity contribution is 7.89. The van der Waals surface area contributed by atoms with E-state index in [1.807, 2.05) is 18.2 Å². The minimum absolute atomic E-state index is 0.0292. The molecule has 1 saturated heterocycles. The van der Waals surface area contributed by atoms with Gasteiger partial charge in [-0.05, 0) is 42.7 Å². The average molecular weight is 433 g/mol. The molecule has 1 fully saturated rings. The quantitative estimate of drug-likeness (QED) is 0.673. The number of methoxy groups -OCH3 is 2. The van der Waals surface area contributed by atoms with Crippen LogP contribution in [0.25, 0.3) is 0 Å². The number of piperidine rings is 1. The van der Waals surface area contributed by atoms with E-state index in [4.69, 9.17) is 9.47 Å². The van der Waals surface area contributed by atoms with Crippen LogP contribution in [0, 0.1) is 5.92 Å². The Morgan fingerprint density at radius 3 is 2.27 bits per heavy atom. The largest absolute Gasteiger partial charge is 0.493 e. The highest BCUT2D eigenvalue weighted by Gasteiger charge is 2.33. The lowest BCUT2D eigenvalue weighted by Gasteiger charge is -2.32. The van der Waals surface area contributed by atoms with Crippen molar-refractivity contribution < 1.29 is 22.7 Å². The standard InChI is InChI=1S/C22H28N2O5S/c1-23(16-17-9-10-20(28-2)21(15-17)29-3)22(25)18-11-13-24(14-12-18)30(26,27)19-7-5-4-6-8-19/h4-10,15,18H,11-14,16H2,1-3H3. The van der Waals surface area contributed by atoms with Crippen LogP contribution in [0.4, 0.5) is 0 Å². The molecule has 1 heterocycles. The normalized spacial score (nSPS) is 15.6. The molecule has 1 aliphatic rings. The second kappa shape index (κ2) is 9.49. The Labute approximate surface area is 178 Å². The number of carbonyl (C=O) groups is 1. The topological polar surface area (TPSA) is 76.2 Å². The van der Waals surface area contributed by atoms with Crippen molar-refractivity contribution in [1.82, 2.24) is 9.21 Å². The van der Waals surface area contributed by atoms with Crippen molar-refractivity contribution >= 4 is 15.9 Å². The molecule has 0 spiro atoms. The summed E-state index contributed by atoms with van der Waals surface area (Å²) in [6.07, 6.45) is 1.03. The molecule has 0 N–H and O–H groups in total. The Bertz CT molecular complexity index is 970. The number of ether oxygens (including phenoxy) is 2. The van der Waals surface area contributed by atoms with E-state index in [9.17, 15) is 13.2 Å². The van der Waals surface area contributed by atoms with E-state index in [0.717, 1.165) is 5.56 Å². The predicted molar refractivity (Wildman–Crippen MR) is 114 cm³/mol. The van der Waals surface area contributed by atoms with Crippen LogP contribution in [-0.4, -0.2) is 57.9 Å². The molecule has 2 aromatic rings. The molecule has 0 saturated carbocycles. The molecule has 1 amide bonds. The predicted octanol–water partition coefficient (Wildman–Crippen LogP) is 2.76. The summed E-state index contributed by atoms with van der Waals surface area (Å²) in [5.74, 6) is 1.11. The molecule has 0 aliphatic carbocycles. The minimum atomic E-state index is -3.51. The second-order valence-corrected chi connectivity index (χ2v) is 9.31. The van der Waals surface area contributed by atoms with Crippen molar-refractivity contribution in [2.24, 2.45) is 5.92 Å². The number of sulfonamides is 1. The van der Waals surface area contributed by atoms with Gasteiger partial charge in [0.05, 0.1) is 19.1 Å². The van der Waals surface area contributed by atoms with Gasteiger partial charge in [-0.3, -0.25) is 4.79 Å². The smallest absolute Gasteiger partial charge is 0.243 e. The van der Waals surface area contributed by atoms with Crippen LogP contribution >= 0.6 is 0 Å². The Morgan fingerprint density at radius 2 is 1.67 bits per heavy atom. The Kier molecular flexibility index (Phi) is 6.99. The van der Waals surface area contributed by atoms with Gasteiger partial charge in [-0.25, -0.2) is 8.42 Å². The molecule has 0 aromatic heterocycles. The van der Waals surface area contributed by atoms with E-state index >= 15 is 0 Å². The molecule has 2 aromatic carbocycles. The number of rotatable bonds is 7. The molecular weight excluding hydrogens is 404 g/mol. The van der Waals surface area contributed by atoms with Crippen molar-refractivity contribution in [3.8, 4) is 11.5 Å². The molecule has 1 aliphatic heterocycles. The lowest BCUT2D eigenvalue weighted by molar-refractivity contribution is -0.135. The van der Waals surface area contributed by atoms with Crippen molar-refractivity contribution in [2.45, 2.75) is 24.3 Å². The minimum Gasteiger partial charge on any atom is -0.493 e. The first kappa shape index (κ1) is 22.1. The molecule has 7 nitrogen and oxygen atoms in total. The maximum atomic E-state index is 12.9. The van der Waals surface area contributed by atoms with Crippen LogP contribution in [0.1, 0.15) is 18.4 Å². The first-order valence-corrected chi connectivity index (χ1v) is 11.3. The van der Waals surface area contributed by atoms with E-state index in [0.29, 0.717) is 48.9 Å². The summed E-state index contributed by atoms with van der Waals surface area (Å²) in [4.78, 5) is 14.9. The molecule has 162 valence electrons. The number of nitrogens with zero attached hydrogens (tertiary/aromatic N) is 2. The number of hydrogen-bond acceptors (Lipinski definition) is 5. The van der Waals surface area contributed by atoms with Gasteiger partial charge in [-0.15, -0.1) is 0 Å². The van der Waals surface area contributed by atoms with Crippen molar-refractivity contribution in [2.75, 3.05) is 34.4 Å².